The van der Waals surface area contributed by atoms with E-state index in [1.165, 1.54) is 22.9 Å². The molecular weight excluding hydrogens is 342 g/mol. The molecular formula is C13H8BrF4NO. The van der Waals surface area contributed by atoms with E-state index in [0.29, 0.717) is 5.56 Å². The second kappa shape index (κ2) is 5.40. The maximum absolute atomic E-state index is 13.3. The lowest BCUT2D eigenvalue weighted by molar-refractivity contribution is -0.0885. The Balaban J connectivity index is 2.22. The lowest BCUT2D eigenvalue weighted by Gasteiger charge is -2.06. The van der Waals surface area contributed by atoms with Crippen molar-refractivity contribution >= 4 is 21.7 Å². The topological polar surface area (TPSA) is 22.0 Å². The Morgan fingerprint density at radius 2 is 1.95 bits per heavy atom. The summed E-state index contributed by atoms with van der Waals surface area (Å²) in [6, 6.07) is 5.49. The smallest absolute Gasteiger partial charge is 0.349 e. The maximum atomic E-state index is 13.3. The zero-order valence-corrected chi connectivity index (χ0v) is 11.5. The number of halogens is 5. The van der Waals surface area contributed by atoms with Crippen LogP contribution in [0.15, 0.2) is 41.1 Å². The molecule has 1 aromatic carbocycles. The van der Waals surface area contributed by atoms with Gasteiger partial charge in [0, 0.05) is 24.5 Å². The number of carbonyl (C=O) groups is 1. The SMILES string of the molecule is O=C(c1ccn(Cc2cccc(F)c2Br)c1)C(F)(F)F. The molecule has 0 radical (unpaired) electrons. The van der Waals surface area contributed by atoms with Crippen LogP contribution in [0, 0.1) is 5.82 Å². The molecule has 0 spiro atoms. The van der Waals surface area contributed by atoms with Crippen molar-refractivity contribution in [2.24, 2.45) is 0 Å². The van der Waals surface area contributed by atoms with E-state index in [1.54, 1.807) is 6.07 Å². The summed E-state index contributed by atoms with van der Waals surface area (Å²) in [6.07, 6.45) is -2.46. The zero-order valence-electron chi connectivity index (χ0n) is 9.92. The van der Waals surface area contributed by atoms with Gasteiger partial charge in [-0.25, -0.2) is 4.39 Å². The maximum Gasteiger partial charge on any atom is 0.454 e. The van der Waals surface area contributed by atoms with E-state index in [0.717, 1.165) is 12.3 Å². The number of alkyl halides is 3. The number of Topliss-reactive ketones (excluding diaryl/α,β-unsaturated/α-hetero) is 1. The molecule has 0 amide bonds. The van der Waals surface area contributed by atoms with Crippen LogP contribution in [0.2, 0.25) is 0 Å². The van der Waals surface area contributed by atoms with Crippen molar-refractivity contribution in [1.29, 1.82) is 0 Å². The van der Waals surface area contributed by atoms with Gasteiger partial charge in [-0.2, -0.15) is 13.2 Å². The molecule has 0 aliphatic rings. The van der Waals surface area contributed by atoms with E-state index >= 15 is 0 Å². The minimum atomic E-state index is -4.90. The molecule has 0 bridgehead atoms. The zero-order chi connectivity index (χ0) is 14.9. The number of ketones is 1. The van der Waals surface area contributed by atoms with Gasteiger partial charge < -0.3 is 4.57 Å². The minimum Gasteiger partial charge on any atom is -0.349 e. The first-order valence-corrected chi connectivity index (χ1v) is 6.28. The highest BCUT2D eigenvalue weighted by atomic mass is 79.9. The van der Waals surface area contributed by atoms with Gasteiger partial charge in [0.15, 0.2) is 0 Å². The summed E-state index contributed by atoms with van der Waals surface area (Å²) >= 11 is 3.07. The first kappa shape index (κ1) is 14.8. The van der Waals surface area contributed by atoms with Gasteiger partial charge in [-0.15, -0.1) is 0 Å². The van der Waals surface area contributed by atoms with Gasteiger partial charge in [-0.1, -0.05) is 12.1 Å². The van der Waals surface area contributed by atoms with Gasteiger partial charge in [0.2, 0.25) is 0 Å². The van der Waals surface area contributed by atoms with Crippen molar-refractivity contribution < 1.29 is 22.4 Å². The van der Waals surface area contributed by atoms with Crippen LogP contribution in [-0.4, -0.2) is 16.5 Å². The molecule has 7 heteroatoms. The summed E-state index contributed by atoms with van der Waals surface area (Å²) in [6.45, 7) is 0.156. The highest BCUT2D eigenvalue weighted by Gasteiger charge is 2.39. The molecule has 0 unspecified atom stereocenters. The monoisotopic (exact) mass is 349 g/mol. The van der Waals surface area contributed by atoms with Crippen molar-refractivity contribution in [3.63, 3.8) is 0 Å². The summed E-state index contributed by atoms with van der Waals surface area (Å²) in [5, 5.41) is 0. The van der Waals surface area contributed by atoms with Crippen molar-refractivity contribution in [3.8, 4) is 0 Å². The normalized spacial score (nSPS) is 11.7. The van der Waals surface area contributed by atoms with E-state index in [4.69, 9.17) is 0 Å². The lowest BCUT2D eigenvalue weighted by atomic mass is 10.2. The molecule has 1 heterocycles. The highest BCUT2D eigenvalue weighted by molar-refractivity contribution is 9.10. The predicted octanol–water partition coefficient (Wildman–Crippen LogP) is 4.18. The Morgan fingerprint density at radius 3 is 2.60 bits per heavy atom. The third kappa shape index (κ3) is 3.09. The number of carbonyl (C=O) groups excluding carboxylic acids is 1. The standard InChI is InChI=1S/C13H8BrF4NO/c14-11-8(2-1-3-10(11)15)6-19-5-4-9(7-19)12(20)13(16,17)18/h1-5,7H,6H2. The van der Waals surface area contributed by atoms with Gasteiger partial charge in [0.25, 0.3) is 5.78 Å². The molecule has 1 aromatic heterocycles. The summed E-state index contributed by atoms with van der Waals surface area (Å²) in [4.78, 5) is 11.0. The fraction of sp³-hybridized carbons (Fsp3) is 0.154. The number of rotatable bonds is 3. The molecule has 0 atom stereocenters. The third-order valence-electron chi connectivity index (χ3n) is 2.65. The number of aromatic nitrogens is 1. The van der Waals surface area contributed by atoms with E-state index in [1.807, 2.05) is 0 Å². The lowest BCUT2D eigenvalue weighted by Crippen LogP contribution is -2.22. The number of nitrogens with zero attached hydrogens (tertiary/aromatic N) is 1. The van der Waals surface area contributed by atoms with Crippen LogP contribution in [0.4, 0.5) is 17.6 Å². The van der Waals surface area contributed by atoms with Gasteiger partial charge in [-0.05, 0) is 33.6 Å². The molecule has 0 N–H and O–H groups in total. The van der Waals surface area contributed by atoms with E-state index < -0.39 is 23.3 Å². The van der Waals surface area contributed by atoms with E-state index in [9.17, 15) is 22.4 Å². The minimum absolute atomic E-state index is 0.156. The second-order valence-electron chi connectivity index (χ2n) is 4.11. The van der Waals surface area contributed by atoms with Gasteiger partial charge in [0.1, 0.15) is 5.82 Å². The summed E-state index contributed by atoms with van der Waals surface area (Å²) < 4.78 is 51.8. The first-order valence-electron chi connectivity index (χ1n) is 5.49. The van der Waals surface area contributed by atoms with Crippen molar-refractivity contribution in [1.82, 2.24) is 4.57 Å². The molecule has 0 aliphatic heterocycles. The predicted molar refractivity (Wildman–Crippen MR) is 68.0 cm³/mol. The molecule has 2 rings (SSSR count). The van der Waals surface area contributed by atoms with Crippen molar-refractivity contribution in [3.05, 3.63) is 58.1 Å². The highest BCUT2D eigenvalue weighted by Crippen LogP contribution is 2.24. The fourth-order valence-electron chi connectivity index (χ4n) is 1.70. The Morgan fingerprint density at radius 1 is 1.25 bits per heavy atom. The van der Waals surface area contributed by atoms with Crippen LogP contribution >= 0.6 is 15.9 Å². The molecule has 0 saturated carbocycles. The first-order chi connectivity index (χ1) is 9.29. The van der Waals surface area contributed by atoms with Crippen molar-refractivity contribution in [2.75, 3.05) is 0 Å². The number of hydrogen-bond donors (Lipinski definition) is 0. The van der Waals surface area contributed by atoms with Crippen LogP contribution in [0.3, 0.4) is 0 Å². The van der Waals surface area contributed by atoms with Crippen LogP contribution in [0.25, 0.3) is 0 Å². The number of hydrogen-bond acceptors (Lipinski definition) is 1. The van der Waals surface area contributed by atoms with Gasteiger partial charge in [-0.3, -0.25) is 4.79 Å². The molecule has 2 aromatic rings. The fourth-order valence-corrected chi connectivity index (χ4v) is 2.09. The van der Waals surface area contributed by atoms with Crippen LogP contribution < -0.4 is 0 Å². The molecule has 0 saturated heterocycles. The van der Waals surface area contributed by atoms with E-state index in [-0.39, 0.29) is 11.0 Å². The molecule has 2 nitrogen and oxygen atoms in total. The van der Waals surface area contributed by atoms with Crippen LogP contribution in [-0.2, 0) is 6.54 Å². The number of benzene rings is 1. The Kier molecular flexibility index (Phi) is 3.99. The Labute approximate surface area is 120 Å². The molecule has 0 aliphatic carbocycles. The van der Waals surface area contributed by atoms with E-state index in [2.05, 4.69) is 15.9 Å². The van der Waals surface area contributed by atoms with Gasteiger partial charge in [0.05, 0.1) is 4.47 Å². The quantitative estimate of drug-likeness (QED) is 0.601. The Bertz CT molecular complexity index is 648. The summed E-state index contributed by atoms with van der Waals surface area (Å²) in [7, 11) is 0. The summed E-state index contributed by atoms with van der Waals surface area (Å²) in [5.41, 5.74) is 0.122. The third-order valence-corrected chi connectivity index (χ3v) is 3.54. The summed E-state index contributed by atoms with van der Waals surface area (Å²) in [5.74, 6) is -2.35. The average molecular weight is 350 g/mol. The molecule has 106 valence electrons. The average Bonchev–Trinajstić information content (AvgIpc) is 2.81. The molecule has 0 fully saturated rings. The largest absolute Gasteiger partial charge is 0.454 e. The van der Waals surface area contributed by atoms with Crippen molar-refractivity contribution in [2.45, 2.75) is 12.7 Å². The molecule has 20 heavy (non-hydrogen) atoms. The van der Waals surface area contributed by atoms with Crippen LogP contribution in [0.1, 0.15) is 15.9 Å². The Hall–Kier alpha value is -1.63. The van der Waals surface area contributed by atoms with Crippen LogP contribution in [0.5, 0.6) is 0 Å². The van der Waals surface area contributed by atoms with Gasteiger partial charge >= 0.3 is 6.18 Å². The second-order valence-corrected chi connectivity index (χ2v) is 4.91.